The van der Waals surface area contributed by atoms with Crippen LogP contribution in [0.4, 0.5) is 0 Å². The van der Waals surface area contributed by atoms with E-state index in [2.05, 4.69) is 21.2 Å². The second kappa shape index (κ2) is 5.08. The quantitative estimate of drug-likeness (QED) is 0.931. The van der Waals surface area contributed by atoms with Gasteiger partial charge in [-0.15, -0.1) is 0 Å². The molecular weight excluding hydrogens is 302 g/mol. The molecule has 0 heterocycles. The second-order valence-electron chi connectivity index (χ2n) is 4.40. The van der Waals surface area contributed by atoms with Gasteiger partial charge >= 0.3 is 0 Å². The van der Waals surface area contributed by atoms with Crippen molar-refractivity contribution in [2.24, 2.45) is 0 Å². The first-order chi connectivity index (χ1) is 8.05. The second-order valence-corrected chi connectivity index (χ2v) is 7.45. The molecule has 1 aromatic rings. The Bertz CT molecular complexity index is 501. The normalized spacial score (nSPS) is 25.1. The summed E-state index contributed by atoms with van der Waals surface area (Å²) in [6.45, 7) is 0. The van der Waals surface area contributed by atoms with E-state index < -0.39 is 9.84 Å². The van der Waals surface area contributed by atoms with Crippen LogP contribution in [0.3, 0.4) is 0 Å². The third-order valence-electron chi connectivity index (χ3n) is 3.37. The van der Waals surface area contributed by atoms with E-state index in [4.69, 9.17) is 0 Å². The molecule has 0 saturated heterocycles. The smallest absolute Gasteiger partial charge is 0.182 e. The zero-order chi connectivity index (χ0) is 12.5. The molecule has 94 valence electrons. The Kier molecular flexibility index (Phi) is 3.90. The Hall–Kier alpha value is -0.390. The van der Waals surface area contributed by atoms with Gasteiger partial charge in [-0.25, -0.2) is 8.42 Å². The van der Waals surface area contributed by atoms with Crippen molar-refractivity contribution in [3.63, 3.8) is 0 Å². The predicted octanol–water partition coefficient (Wildman–Crippen LogP) is 2.36. The molecule has 2 atom stereocenters. The molecule has 3 nitrogen and oxygen atoms in total. The first-order valence-electron chi connectivity index (χ1n) is 5.71. The van der Waals surface area contributed by atoms with Crippen LogP contribution in [0.2, 0.25) is 0 Å². The molecule has 1 N–H and O–H groups in total. The van der Waals surface area contributed by atoms with Crippen LogP contribution in [-0.2, 0) is 9.84 Å². The summed E-state index contributed by atoms with van der Waals surface area (Å²) in [5, 5.41) is 2.90. The summed E-state index contributed by atoms with van der Waals surface area (Å²) in [7, 11) is -1.31. The van der Waals surface area contributed by atoms with E-state index in [0.717, 1.165) is 12.8 Å². The molecule has 0 bridgehead atoms. The average Bonchev–Trinajstić information content (AvgIpc) is 2.78. The monoisotopic (exact) mass is 317 g/mol. The van der Waals surface area contributed by atoms with E-state index in [1.807, 2.05) is 13.1 Å². The van der Waals surface area contributed by atoms with E-state index in [9.17, 15) is 8.42 Å². The summed E-state index contributed by atoms with van der Waals surface area (Å²) in [5.74, 6) is 0. The lowest BCUT2D eigenvalue weighted by Gasteiger charge is -2.13. The van der Waals surface area contributed by atoms with Crippen LogP contribution in [0.1, 0.15) is 19.3 Å². The number of sulfone groups is 1. The highest BCUT2D eigenvalue weighted by Gasteiger charge is 2.35. The van der Waals surface area contributed by atoms with Crippen molar-refractivity contribution in [3.8, 4) is 0 Å². The highest BCUT2D eigenvalue weighted by molar-refractivity contribution is 9.10. The van der Waals surface area contributed by atoms with Crippen LogP contribution in [0.15, 0.2) is 33.6 Å². The van der Waals surface area contributed by atoms with Crippen molar-refractivity contribution in [2.75, 3.05) is 7.05 Å². The number of nitrogens with one attached hydrogen (secondary N) is 1. The Balaban J connectivity index is 2.29. The van der Waals surface area contributed by atoms with Crippen LogP contribution >= 0.6 is 15.9 Å². The predicted molar refractivity (Wildman–Crippen MR) is 71.8 cm³/mol. The van der Waals surface area contributed by atoms with Gasteiger partial charge in [-0.1, -0.05) is 12.1 Å². The van der Waals surface area contributed by atoms with E-state index in [0.29, 0.717) is 21.8 Å². The van der Waals surface area contributed by atoms with Crippen LogP contribution in [0.25, 0.3) is 0 Å². The van der Waals surface area contributed by atoms with Crippen molar-refractivity contribution < 1.29 is 8.42 Å². The topological polar surface area (TPSA) is 46.2 Å². The number of hydrogen-bond donors (Lipinski definition) is 1. The Morgan fingerprint density at radius 2 is 2.00 bits per heavy atom. The highest BCUT2D eigenvalue weighted by atomic mass is 79.9. The van der Waals surface area contributed by atoms with Gasteiger partial charge in [0.15, 0.2) is 9.84 Å². The SMILES string of the molecule is CNC1CCC(S(=O)(=O)c2ccccc2Br)C1. The molecule has 0 amide bonds. The highest BCUT2D eigenvalue weighted by Crippen LogP contribution is 2.32. The van der Waals surface area contributed by atoms with Gasteiger partial charge in [-0.2, -0.15) is 0 Å². The number of halogens is 1. The van der Waals surface area contributed by atoms with E-state index >= 15 is 0 Å². The Morgan fingerprint density at radius 3 is 2.59 bits per heavy atom. The maximum atomic E-state index is 12.5. The molecule has 0 radical (unpaired) electrons. The third-order valence-corrected chi connectivity index (χ3v) is 6.60. The Morgan fingerprint density at radius 1 is 1.29 bits per heavy atom. The van der Waals surface area contributed by atoms with Crippen LogP contribution < -0.4 is 5.32 Å². The maximum Gasteiger partial charge on any atom is 0.182 e. The zero-order valence-electron chi connectivity index (χ0n) is 9.69. The van der Waals surface area contributed by atoms with Gasteiger partial charge in [-0.3, -0.25) is 0 Å². The van der Waals surface area contributed by atoms with Gasteiger partial charge in [0.25, 0.3) is 0 Å². The summed E-state index contributed by atoms with van der Waals surface area (Å²) in [4.78, 5) is 0.418. The zero-order valence-corrected chi connectivity index (χ0v) is 12.1. The molecule has 2 rings (SSSR count). The Labute approximate surface area is 111 Å². The van der Waals surface area contributed by atoms with Gasteiger partial charge in [0.1, 0.15) is 0 Å². The van der Waals surface area contributed by atoms with Gasteiger partial charge in [0, 0.05) is 10.5 Å². The van der Waals surface area contributed by atoms with Crippen molar-refractivity contribution in [1.29, 1.82) is 0 Å². The van der Waals surface area contributed by atoms with Crippen molar-refractivity contribution in [2.45, 2.75) is 35.4 Å². The van der Waals surface area contributed by atoms with Crippen LogP contribution in [0.5, 0.6) is 0 Å². The average molecular weight is 318 g/mol. The third kappa shape index (κ3) is 2.56. The molecule has 1 fully saturated rings. The molecule has 1 saturated carbocycles. The minimum atomic E-state index is -3.20. The lowest BCUT2D eigenvalue weighted by atomic mass is 10.3. The maximum absolute atomic E-state index is 12.5. The van der Waals surface area contributed by atoms with E-state index in [1.54, 1.807) is 18.2 Å². The molecule has 1 aliphatic rings. The molecule has 5 heteroatoms. The lowest BCUT2D eigenvalue weighted by molar-refractivity contribution is 0.564. The first kappa shape index (κ1) is 13.1. The fraction of sp³-hybridized carbons (Fsp3) is 0.500. The fourth-order valence-electron chi connectivity index (χ4n) is 2.34. The molecule has 0 aromatic heterocycles. The van der Waals surface area contributed by atoms with Crippen molar-refractivity contribution >= 4 is 25.8 Å². The fourth-order valence-corrected chi connectivity index (χ4v) is 5.20. The molecule has 0 aliphatic heterocycles. The summed E-state index contributed by atoms with van der Waals surface area (Å²) >= 11 is 3.32. The standard InChI is InChI=1S/C12H16BrNO2S/c1-14-9-6-7-10(8-9)17(15,16)12-5-3-2-4-11(12)13/h2-5,9-10,14H,6-8H2,1H3. The van der Waals surface area contributed by atoms with Gasteiger partial charge in [0.05, 0.1) is 10.1 Å². The first-order valence-corrected chi connectivity index (χ1v) is 8.05. The minimum absolute atomic E-state index is 0.251. The molecule has 1 aromatic carbocycles. The van der Waals surface area contributed by atoms with Gasteiger partial charge in [-0.05, 0) is 54.4 Å². The summed E-state index contributed by atoms with van der Waals surface area (Å²) in [6.07, 6.45) is 2.39. The molecule has 1 aliphatic carbocycles. The minimum Gasteiger partial charge on any atom is -0.317 e. The summed E-state index contributed by atoms with van der Waals surface area (Å²) < 4.78 is 25.6. The molecule has 2 unspecified atom stereocenters. The van der Waals surface area contributed by atoms with Crippen molar-refractivity contribution in [1.82, 2.24) is 5.32 Å². The number of benzene rings is 1. The summed E-state index contributed by atoms with van der Waals surface area (Å²) in [6, 6.07) is 7.37. The lowest BCUT2D eigenvalue weighted by Crippen LogP contribution is -2.25. The molecule has 17 heavy (non-hydrogen) atoms. The largest absolute Gasteiger partial charge is 0.317 e. The van der Waals surface area contributed by atoms with E-state index in [-0.39, 0.29) is 5.25 Å². The van der Waals surface area contributed by atoms with Crippen LogP contribution in [-0.4, -0.2) is 26.8 Å². The molecular formula is C12H16BrNO2S. The van der Waals surface area contributed by atoms with Crippen LogP contribution in [0, 0.1) is 0 Å². The van der Waals surface area contributed by atoms with E-state index in [1.165, 1.54) is 0 Å². The number of hydrogen-bond acceptors (Lipinski definition) is 3. The number of rotatable bonds is 3. The summed E-state index contributed by atoms with van der Waals surface area (Å²) in [5.41, 5.74) is 0. The van der Waals surface area contributed by atoms with Crippen molar-refractivity contribution in [3.05, 3.63) is 28.7 Å². The van der Waals surface area contributed by atoms with Gasteiger partial charge in [0.2, 0.25) is 0 Å². The van der Waals surface area contributed by atoms with Gasteiger partial charge < -0.3 is 5.32 Å². The molecule has 0 spiro atoms.